The summed E-state index contributed by atoms with van der Waals surface area (Å²) >= 11 is 11.8. The van der Waals surface area contributed by atoms with E-state index in [0.29, 0.717) is 21.5 Å². The highest BCUT2D eigenvalue weighted by Crippen LogP contribution is 2.25. The van der Waals surface area contributed by atoms with Gasteiger partial charge in [0.05, 0.1) is 10.0 Å². The van der Waals surface area contributed by atoms with E-state index in [1.807, 2.05) is 0 Å². The Kier molecular flexibility index (Phi) is 4.52. The van der Waals surface area contributed by atoms with Crippen LogP contribution in [0.4, 0.5) is 0 Å². The molecule has 0 aliphatic heterocycles. The summed E-state index contributed by atoms with van der Waals surface area (Å²) in [5.74, 6) is 0.484. The molecule has 1 saturated carbocycles. The van der Waals surface area contributed by atoms with E-state index in [0.717, 1.165) is 6.42 Å². The summed E-state index contributed by atoms with van der Waals surface area (Å²) in [5, 5.41) is 3.98. The van der Waals surface area contributed by atoms with Crippen molar-refractivity contribution < 1.29 is 4.79 Å². The van der Waals surface area contributed by atoms with Crippen molar-refractivity contribution in [2.45, 2.75) is 38.6 Å². The molecular formula is C14H17Cl2NO. The Morgan fingerprint density at radius 3 is 2.61 bits per heavy atom. The fourth-order valence-electron chi connectivity index (χ4n) is 2.42. The van der Waals surface area contributed by atoms with Gasteiger partial charge in [0.1, 0.15) is 0 Å². The van der Waals surface area contributed by atoms with E-state index in [2.05, 4.69) is 12.2 Å². The van der Waals surface area contributed by atoms with Crippen LogP contribution in [0.2, 0.25) is 10.0 Å². The predicted molar refractivity (Wildman–Crippen MR) is 75.3 cm³/mol. The normalized spacial score (nSPS) is 23.7. The first-order chi connectivity index (χ1) is 8.58. The van der Waals surface area contributed by atoms with Crippen molar-refractivity contribution in [3.05, 3.63) is 33.8 Å². The monoisotopic (exact) mass is 285 g/mol. The van der Waals surface area contributed by atoms with Gasteiger partial charge in [-0.15, -0.1) is 0 Å². The molecule has 0 aromatic heterocycles. The van der Waals surface area contributed by atoms with Gasteiger partial charge in [-0.05, 0) is 37.0 Å². The van der Waals surface area contributed by atoms with E-state index < -0.39 is 0 Å². The lowest BCUT2D eigenvalue weighted by molar-refractivity contribution is 0.0910. The van der Waals surface area contributed by atoms with Crippen molar-refractivity contribution in [3.8, 4) is 0 Å². The lowest BCUT2D eigenvalue weighted by Crippen LogP contribution is -2.41. The van der Waals surface area contributed by atoms with E-state index in [4.69, 9.17) is 23.2 Å². The Balaban J connectivity index is 2.04. The van der Waals surface area contributed by atoms with E-state index in [9.17, 15) is 4.79 Å². The van der Waals surface area contributed by atoms with E-state index in [-0.39, 0.29) is 11.9 Å². The summed E-state index contributed by atoms with van der Waals surface area (Å²) in [7, 11) is 0. The smallest absolute Gasteiger partial charge is 0.251 e. The lowest BCUT2D eigenvalue weighted by Gasteiger charge is -2.29. The van der Waals surface area contributed by atoms with Crippen LogP contribution in [-0.4, -0.2) is 11.9 Å². The van der Waals surface area contributed by atoms with Crippen LogP contribution < -0.4 is 5.32 Å². The number of carbonyl (C=O) groups is 1. The number of carbonyl (C=O) groups excluding carboxylic acids is 1. The number of amides is 1. The maximum atomic E-state index is 12.1. The minimum atomic E-state index is -0.0627. The van der Waals surface area contributed by atoms with Crippen LogP contribution >= 0.6 is 23.2 Å². The molecule has 1 fully saturated rings. The Bertz CT molecular complexity index is 447. The maximum Gasteiger partial charge on any atom is 0.251 e. The summed E-state index contributed by atoms with van der Waals surface area (Å²) < 4.78 is 0. The molecule has 1 amide bonds. The lowest BCUT2D eigenvalue weighted by atomic mass is 9.86. The molecule has 0 bridgehead atoms. The SMILES string of the molecule is CC1CCCCC1NC(=O)c1ccc(Cl)c(Cl)c1. The van der Waals surface area contributed by atoms with Crippen LogP contribution in [0.3, 0.4) is 0 Å². The summed E-state index contributed by atoms with van der Waals surface area (Å²) in [6.45, 7) is 2.19. The fraction of sp³-hybridized carbons (Fsp3) is 0.500. The van der Waals surface area contributed by atoms with Gasteiger partial charge in [-0.25, -0.2) is 0 Å². The average Bonchev–Trinajstić information content (AvgIpc) is 2.35. The first-order valence-corrected chi connectivity index (χ1v) is 7.09. The Hall–Kier alpha value is -0.730. The molecule has 18 heavy (non-hydrogen) atoms. The van der Waals surface area contributed by atoms with Gasteiger partial charge >= 0.3 is 0 Å². The zero-order chi connectivity index (χ0) is 13.1. The van der Waals surface area contributed by atoms with Gasteiger partial charge < -0.3 is 5.32 Å². The minimum Gasteiger partial charge on any atom is -0.349 e. The third-order valence-electron chi connectivity index (χ3n) is 3.61. The second kappa shape index (κ2) is 5.94. The van der Waals surface area contributed by atoms with E-state index in [1.165, 1.54) is 19.3 Å². The Morgan fingerprint density at radius 1 is 1.22 bits per heavy atom. The number of rotatable bonds is 2. The van der Waals surface area contributed by atoms with Crippen molar-refractivity contribution >= 4 is 29.1 Å². The van der Waals surface area contributed by atoms with Crippen molar-refractivity contribution in [1.29, 1.82) is 0 Å². The van der Waals surface area contributed by atoms with Crippen molar-refractivity contribution in [1.82, 2.24) is 5.32 Å². The topological polar surface area (TPSA) is 29.1 Å². The van der Waals surface area contributed by atoms with Gasteiger partial charge in [0.15, 0.2) is 0 Å². The molecule has 4 heteroatoms. The summed E-state index contributed by atoms with van der Waals surface area (Å²) in [5.41, 5.74) is 0.571. The molecule has 2 nitrogen and oxygen atoms in total. The van der Waals surface area contributed by atoms with Crippen molar-refractivity contribution in [2.75, 3.05) is 0 Å². The Morgan fingerprint density at radius 2 is 1.94 bits per heavy atom. The number of halogens is 2. The molecule has 0 radical (unpaired) electrons. The fourth-order valence-corrected chi connectivity index (χ4v) is 2.72. The van der Waals surface area contributed by atoms with Gasteiger partial charge in [-0.2, -0.15) is 0 Å². The molecule has 0 saturated heterocycles. The average molecular weight is 286 g/mol. The molecule has 1 N–H and O–H groups in total. The Labute approximate surface area is 118 Å². The zero-order valence-electron chi connectivity index (χ0n) is 10.4. The van der Waals surface area contributed by atoms with Gasteiger partial charge in [-0.1, -0.05) is 43.0 Å². The van der Waals surface area contributed by atoms with Crippen LogP contribution in [0.15, 0.2) is 18.2 Å². The molecule has 2 atom stereocenters. The quantitative estimate of drug-likeness (QED) is 0.862. The third-order valence-corrected chi connectivity index (χ3v) is 4.35. The molecule has 1 aromatic carbocycles. The second-order valence-corrected chi connectivity index (χ2v) is 5.78. The zero-order valence-corrected chi connectivity index (χ0v) is 11.9. The maximum absolute atomic E-state index is 12.1. The van der Waals surface area contributed by atoms with E-state index >= 15 is 0 Å². The molecule has 0 spiro atoms. The number of hydrogen-bond donors (Lipinski definition) is 1. The second-order valence-electron chi connectivity index (χ2n) is 4.97. The van der Waals surface area contributed by atoms with Gasteiger partial charge in [0, 0.05) is 11.6 Å². The number of benzene rings is 1. The third kappa shape index (κ3) is 3.18. The highest BCUT2D eigenvalue weighted by atomic mass is 35.5. The molecular weight excluding hydrogens is 269 g/mol. The van der Waals surface area contributed by atoms with Gasteiger partial charge in [0.25, 0.3) is 5.91 Å². The largest absolute Gasteiger partial charge is 0.349 e. The van der Waals surface area contributed by atoms with Crippen LogP contribution in [0.5, 0.6) is 0 Å². The van der Waals surface area contributed by atoms with Crippen LogP contribution in [-0.2, 0) is 0 Å². The van der Waals surface area contributed by atoms with Gasteiger partial charge in [-0.3, -0.25) is 4.79 Å². The standard InChI is InChI=1S/C14H17Cl2NO/c1-9-4-2-3-5-13(9)17-14(18)10-6-7-11(15)12(16)8-10/h6-9,13H,2-5H2,1H3,(H,17,18). The van der Waals surface area contributed by atoms with E-state index in [1.54, 1.807) is 18.2 Å². The number of hydrogen-bond acceptors (Lipinski definition) is 1. The highest BCUT2D eigenvalue weighted by Gasteiger charge is 2.23. The molecule has 2 unspecified atom stereocenters. The molecule has 1 aliphatic rings. The van der Waals surface area contributed by atoms with Crippen molar-refractivity contribution in [2.24, 2.45) is 5.92 Å². The molecule has 98 valence electrons. The predicted octanol–water partition coefficient (Wildman–Crippen LogP) is 4.30. The molecule has 2 rings (SSSR count). The number of nitrogens with one attached hydrogen (secondary N) is 1. The summed E-state index contributed by atoms with van der Waals surface area (Å²) in [6.07, 6.45) is 4.71. The first kappa shape index (κ1) is 13.7. The highest BCUT2D eigenvalue weighted by molar-refractivity contribution is 6.42. The summed E-state index contributed by atoms with van der Waals surface area (Å²) in [6, 6.07) is 5.26. The molecule has 0 heterocycles. The van der Waals surface area contributed by atoms with Crippen LogP contribution in [0.25, 0.3) is 0 Å². The van der Waals surface area contributed by atoms with Crippen LogP contribution in [0.1, 0.15) is 43.0 Å². The van der Waals surface area contributed by atoms with Crippen LogP contribution in [0, 0.1) is 5.92 Å². The molecule has 1 aromatic rings. The van der Waals surface area contributed by atoms with Crippen molar-refractivity contribution in [3.63, 3.8) is 0 Å². The van der Waals surface area contributed by atoms with Gasteiger partial charge in [0.2, 0.25) is 0 Å². The minimum absolute atomic E-state index is 0.0627. The first-order valence-electron chi connectivity index (χ1n) is 6.34. The summed E-state index contributed by atoms with van der Waals surface area (Å²) in [4.78, 5) is 12.1. The molecule has 1 aliphatic carbocycles.